The molecule has 0 aromatic heterocycles. The van der Waals surface area contributed by atoms with E-state index in [0.29, 0.717) is 23.5 Å². The van der Waals surface area contributed by atoms with Crippen molar-refractivity contribution in [3.05, 3.63) is 95.1 Å². The number of carbonyl (C=O) groups excluding carboxylic acids is 3. The molecule has 0 spiro atoms. The third-order valence-corrected chi connectivity index (χ3v) is 4.95. The minimum atomic E-state index is -0.909. The number of carbonyl (C=O) groups is 3. The van der Waals surface area contributed by atoms with Crippen LogP contribution in [0.4, 0.5) is 5.69 Å². The van der Waals surface area contributed by atoms with Crippen LogP contribution in [0.25, 0.3) is 0 Å². The van der Waals surface area contributed by atoms with Gasteiger partial charge in [-0.1, -0.05) is 48.5 Å². The summed E-state index contributed by atoms with van der Waals surface area (Å²) in [7, 11) is 0. The summed E-state index contributed by atoms with van der Waals surface area (Å²) in [6.07, 6.45) is 1.35. The summed E-state index contributed by atoms with van der Waals surface area (Å²) in [5.74, 6) is -1.60. The highest BCUT2D eigenvalue weighted by Gasteiger charge is 2.13. The van der Waals surface area contributed by atoms with Crippen molar-refractivity contribution in [2.45, 2.75) is 20.4 Å². The molecule has 0 unspecified atom stereocenters. The minimum Gasteiger partial charge on any atom is -0.483 e. The first-order valence-electron chi connectivity index (χ1n) is 10.7. The predicted octanol–water partition coefficient (Wildman–Crippen LogP) is 3.09. The van der Waals surface area contributed by atoms with Crippen molar-refractivity contribution in [1.82, 2.24) is 10.7 Å². The van der Waals surface area contributed by atoms with Crippen LogP contribution in [-0.4, -0.2) is 30.5 Å². The monoisotopic (exact) mass is 458 g/mol. The standard InChI is InChI=1S/C26H26N4O4/c1-18-12-13-22(14-19(18)2)29-25(32)26(33)30-28-16-21-10-6-7-11-23(21)34-17-24(31)27-15-20-8-4-3-5-9-20/h3-14,16H,15,17H2,1-2H3,(H,27,31)(H,29,32)(H,30,33). The maximum absolute atomic E-state index is 12.1. The Labute approximate surface area is 198 Å². The van der Waals surface area contributed by atoms with Gasteiger partial charge in [0.1, 0.15) is 5.75 Å². The van der Waals surface area contributed by atoms with Crippen LogP contribution in [-0.2, 0) is 20.9 Å². The van der Waals surface area contributed by atoms with Crippen LogP contribution in [0.1, 0.15) is 22.3 Å². The van der Waals surface area contributed by atoms with E-state index in [1.54, 1.807) is 36.4 Å². The summed E-state index contributed by atoms with van der Waals surface area (Å²) < 4.78 is 5.60. The Bertz CT molecular complexity index is 1190. The van der Waals surface area contributed by atoms with E-state index in [2.05, 4.69) is 21.2 Å². The molecule has 8 heteroatoms. The van der Waals surface area contributed by atoms with E-state index in [9.17, 15) is 14.4 Å². The van der Waals surface area contributed by atoms with Gasteiger partial charge in [-0.25, -0.2) is 5.43 Å². The average molecular weight is 459 g/mol. The lowest BCUT2D eigenvalue weighted by atomic mass is 10.1. The van der Waals surface area contributed by atoms with Gasteiger partial charge in [0.15, 0.2) is 6.61 Å². The maximum Gasteiger partial charge on any atom is 0.329 e. The highest BCUT2D eigenvalue weighted by Crippen LogP contribution is 2.16. The molecule has 3 aromatic rings. The van der Waals surface area contributed by atoms with Crippen LogP contribution >= 0.6 is 0 Å². The second-order valence-electron chi connectivity index (χ2n) is 7.54. The number of hydrogen-bond donors (Lipinski definition) is 3. The van der Waals surface area contributed by atoms with Crippen molar-refractivity contribution in [2.75, 3.05) is 11.9 Å². The van der Waals surface area contributed by atoms with Crippen LogP contribution in [0, 0.1) is 13.8 Å². The number of nitrogens with zero attached hydrogens (tertiary/aromatic N) is 1. The predicted molar refractivity (Wildman–Crippen MR) is 131 cm³/mol. The molecule has 8 nitrogen and oxygen atoms in total. The summed E-state index contributed by atoms with van der Waals surface area (Å²) >= 11 is 0. The average Bonchev–Trinajstić information content (AvgIpc) is 2.85. The zero-order chi connectivity index (χ0) is 24.3. The fraction of sp³-hybridized carbons (Fsp3) is 0.154. The second kappa shape index (κ2) is 12.0. The number of amides is 3. The number of nitrogens with one attached hydrogen (secondary N) is 3. The van der Waals surface area contributed by atoms with E-state index in [4.69, 9.17) is 4.74 Å². The molecule has 3 amide bonds. The summed E-state index contributed by atoms with van der Waals surface area (Å²) in [5.41, 5.74) is 6.32. The number of hydrazone groups is 1. The van der Waals surface area contributed by atoms with E-state index in [1.807, 2.05) is 50.2 Å². The van der Waals surface area contributed by atoms with Crippen molar-refractivity contribution in [2.24, 2.45) is 5.10 Å². The first kappa shape index (κ1) is 24.2. The number of ether oxygens (including phenoxy) is 1. The third-order valence-electron chi connectivity index (χ3n) is 4.95. The molecule has 3 aromatic carbocycles. The lowest BCUT2D eigenvalue weighted by Crippen LogP contribution is -2.32. The lowest BCUT2D eigenvalue weighted by molar-refractivity contribution is -0.136. The molecule has 0 saturated carbocycles. The molecule has 3 rings (SSSR count). The van der Waals surface area contributed by atoms with Gasteiger partial charge in [0.05, 0.1) is 6.21 Å². The fourth-order valence-electron chi connectivity index (χ4n) is 2.93. The van der Waals surface area contributed by atoms with Crippen LogP contribution in [0.2, 0.25) is 0 Å². The smallest absolute Gasteiger partial charge is 0.329 e. The number of para-hydroxylation sites is 1. The van der Waals surface area contributed by atoms with Crippen molar-refractivity contribution in [3.63, 3.8) is 0 Å². The van der Waals surface area contributed by atoms with Gasteiger partial charge in [0.2, 0.25) is 0 Å². The number of rotatable bonds is 8. The van der Waals surface area contributed by atoms with Gasteiger partial charge in [0, 0.05) is 17.8 Å². The number of anilines is 1. The molecule has 0 aliphatic carbocycles. The number of aryl methyl sites for hydroxylation is 2. The molecule has 0 saturated heterocycles. The van der Waals surface area contributed by atoms with Gasteiger partial charge in [0.25, 0.3) is 5.91 Å². The van der Waals surface area contributed by atoms with E-state index < -0.39 is 11.8 Å². The van der Waals surface area contributed by atoms with Gasteiger partial charge in [-0.2, -0.15) is 5.10 Å². The number of benzene rings is 3. The Morgan fingerprint density at radius 3 is 2.38 bits per heavy atom. The van der Waals surface area contributed by atoms with Gasteiger partial charge >= 0.3 is 11.8 Å². The summed E-state index contributed by atoms with van der Waals surface area (Å²) in [6, 6.07) is 21.8. The Balaban J connectivity index is 1.50. The minimum absolute atomic E-state index is 0.178. The molecule has 0 aliphatic heterocycles. The van der Waals surface area contributed by atoms with Crippen molar-refractivity contribution in [1.29, 1.82) is 0 Å². The Morgan fingerprint density at radius 2 is 1.62 bits per heavy atom. The zero-order valence-corrected chi connectivity index (χ0v) is 19.0. The highest BCUT2D eigenvalue weighted by atomic mass is 16.5. The van der Waals surface area contributed by atoms with Gasteiger partial charge < -0.3 is 15.4 Å². The molecule has 0 aliphatic rings. The molecule has 0 atom stereocenters. The molecular weight excluding hydrogens is 432 g/mol. The van der Waals surface area contributed by atoms with Crippen molar-refractivity contribution >= 4 is 29.6 Å². The number of hydrogen-bond acceptors (Lipinski definition) is 5. The normalized spacial score (nSPS) is 10.5. The first-order chi connectivity index (χ1) is 16.4. The lowest BCUT2D eigenvalue weighted by Gasteiger charge is -2.09. The van der Waals surface area contributed by atoms with E-state index in [-0.39, 0.29) is 12.5 Å². The molecule has 3 N–H and O–H groups in total. The molecule has 0 bridgehead atoms. The largest absolute Gasteiger partial charge is 0.483 e. The first-order valence-corrected chi connectivity index (χ1v) is 10.7. The van der Waals surface area contributed by atoms with E-state index in [1.165, 1.54) is 6.21 Å². The van der Waals surface area contributed by atoms with Gasteiger partial charge in [-0.3, -0.25) is 14.4 Å². The van der Waals surface area contributed by atoms with Gasteiger partial charge in [-0.15, -0.1) is 0 Å². The fourth-order valence-corrected chi connectivity index (χ4v) is 2.93. The molecule has 34 heavy (non-hydrogen) atoms. The Morgan fingerprint density at radius 1 is 0.882 bits per heavy atom. The van der Waals surface area contributed by atoms with Crippen LogP contribution < -0.4 is 20.8 Å². The van der Waals surface area contributed by atoms with Crippen LogP contribution in [0.15, 0.2) is 77.9 Å². The van der Waals surface area contributed by atoms with Crippen molar-refractivity contribution < 1.29 is 19.1 Å². The van der Waals surface area contributed by atoms with Crippen LogP contribution in [0.5, 0.6) is 5.75 Å². The molecule has 174 valence electrons. The Kier molecular flexibility index (Phi) is 8.51. The summed E-state index contributed by atoms with van der Waals surface area (Å²) in [6.45, 7) is 4.10. The topological polar surface area (TPSA) is 109 Å². The second-order valence-corrected chi connectivity index (χ2v) is 7.54. The Hall–Kier alpha value is -4.46. The molecule has 0 heterocycles. The summed E-state index contributed by atoms with van der Waals surface area (Å²) in [4.78, 5) is 36.2. The van der Waals surface area contributed by atoms with Crippen molar-refractivity contribution in [3.8, 4) is 5.75 Å². The summed E-state index contributed by atoms with van der Waals surface area (Å²) in [5, 5.41) is 9.15. The highest BCUT2D eigenvalue weighted by molar-refractivity contribution is 6.39. The van der Waals surface area contributed by atoms with Crippen LogP contribution in [0.3, 0.4) is 0 Å². The zero-order valence-electron chi connectivity index (χ0n) is 19.0. The third kappa shape index (κ3) is 7.30. The van der Waals surface area contributed by atoms with E-state index in [0.717, 1.165) is 16.7 Å². The van der Waals surface area contributed by atoms with E-state index >= 15 is 0 Å². The molecular formula is C26H26N4O4. The molecule has 0 radical (unpaired) electrons. The SMILES string of the molecule is Cc1ccc(NC(=O)C(=O)NN=Cc2ccccc2OCC(=O)NCc2ccccc2)cc1C. The molecule has 0 fully saturated rings. The van der Waals surface area contributed by atoms with Gasteiger partial charge in [-0.05, 0) is 54.8 Å². The maximum atomic E-state index is 12.1. The quantitative estimate of drug-likeness (QED) is 0.274.